The molecule has 0 aliphatic heterocycles. The maximum Gasteiger partial charge on any atom is 0.240 e. The highest BCUT2D eigenvalue weighted by molar-refractivity contribution is 7.89. The van der Waals surface area contributed by atoms with E-state index in [1.54, 1.807) is 12.1 Å². The van der Waals surface area contributed by atoms with E-state index in [2.05, 4.69) is 25.5 Å². The summed E-state index contributed by atoms with van der Waals surface area (Å²) in [6.45, 7) is 6.76. The molecule has 2 aromatic rings. The monoisotopic (exact) mass is 367 g/mol. The summed E-state index contributed by atoms with van der Waals surface area (Å²) in [6.07, 6.45) is 0. The molecular formula is C18H22ClNO3S. The van der Waals surface area contributed by atoms with Crippen LogP contribution in [0.3, 0.4) is 0 Å². The first-order valence-electron chi connectivity index (χ1n) is 7.68. The van der Waals surface area contributed by atoms with Crippen LogP contribution in [0.25, 0.3) is 0 Å². The summed E-state index contributed by atoms with van der Waals surface area (Å²) in [5.74, 6) is 0.774. The van der Waals surface area contributed by atoms with Crippen LogP contribution in [0.1, 0.15) is 26.3 Å². The van der Waals surface area contributed by atoms with Crippen molar-refractivity contribution in [3.8, 4) is 5.75 Å². The van der Waals surface area contributed by atoms with Crippen LogP contribution in [0, 0.1) is 0 Å². The third kappa shape index (κ3) is 4.97. The van der Waals surface area contributed by atoms with Crippen LogP contribution in [-0.4, -0.2) is 21.6 Å². The second-order valence-corrected chi connectivity index (χ2v) is 8.65. The van der Waals surface area contributed by atoms with E-state index >= 15 is 0 Å². The Bertz CT molecular complexity index is 781. The molecule has 0 aromatic heterocycles. The van der Waals surface area contributed by atoms with Crippen molar-refractivity contribution >= 4 is 21.6 Å². The maximum atomic E-state index is 12.2. The highest BCUT2D eigenvalue weighted by Crippen LogP contribution is 2.30. The van der Waals surface area contributed by atoms with Gasteiger partial charge in [0.1, 0.15) is 12.4 Å². The van der Waals surface area contributed by atoms with Gasteiger partial charge in [-0.25, -0.2) is 13.1 Å². The largest absolute Gasteiger partial charge is 0.492 e. The number of para-hydroxylation sites is 1. The molecule has 0 saturated carbocycles. The summed E-state index contributed by atoms with van der Waals surface area (Å²) in [7, 11) is -3.56. The minimum atomic E-state index is -3.56. The number of benzene rings is 2. The first kappa shape index (κ1) is 18.8. The predicted molar refractivity (Wildman–Crippen MR) is 97.3 cm³/mol. The molecular weight excluding hydrogens is 346 g/mol. The Morgan fingerprint density at radius 3 is 2.29 bits per heavy atom. The molecule has 0 heterocycles. The van der Waals surface area contributed by atoms with Gasteiger partial charge in [0.15, 0.2) is 0 Å². The molecule has 0 fully saturated rings. The van der Waals surface area contributed by atoms with Gasteiger partial charge in [-0.2, -0.15) is 0 Å². The van der Waals surface area contributed by atoms with E-state index in [1.165, 1.54) is 12.1 Å². The summed E-state index contributed by atoms with van der Waals surface area (Å²) in [5, 5.41) is 0.496. The van der Waals surface area contributed by atoms with Gasteiger partial charge in [-0.3, -0.25) is 0 Å². The SMILES string of the molecule is CC(C)(C)c1ccccc1OCCNS(=O)(=O)c1ccc(Cl)cc1. The average Bonchev–Trinajstić information content (AvgIpc) is 2.51. The number of sulfonamides is 1. The van der Waals surface area contributed by atoms with Crippen LogP contribution in [0.2, 0.25) is 5.02 Å². The molecule has 0 spiro atoms. The molecule has 4 nitrogen and oxygen atoms in total. The number of rotatable bonds is 6. The molecule has 6 heteroatoms. The van der Waals surface area contributed by atoms with Crippen molar-refractivity contribution in [2.45, 2.75) is 31.1 Å². The normalized spacial score (nSPS) is 12.2. The van der Waals surface area contributed by atoms with Crippen molar-refractivity contribution in [3.63, 3.8) is 0 Å². The second-order valence-electron chi connectivity index (χ2n) is 6.45. The van der Waals surface area contributed by atoms with Gasteiger partial charge in [-0.15, -0.1) is 0 Å². The molecule has 0 saturated heterocycles. The van der Waals surface area contributed by atoms with E-state index in [0.717, 1.165) is 11.3 Å². The minimum Gasteiger partial charge on any atom is -0.492 e. The van der Waals surface area contributed by atoms with Crippen LogP contribution in [0.4, 0.5) is 0 Å². The molecule has 1 N–H and O–H groups in total. The van der Waals surface area contributed by atoms with Crippen LogP contribution < -0.4 is 9.46 Å². The summed E-state index contributed by atoms with van der Waals surface area (Å²) in [5.41, 5.74) is 1.05. The number of ether oxygens (including phenoxy) is 1. The first-order chi connectivity index (χ1) is 11.2. The van der Waals surface area contributed by atoms with Crippen molar-refractivity contribution in [2.75, 3.05) is 13.2 Å². The van der Waals surface area contributed by atoms with Gasteiger partial charge in [-0.05, 0) is 41.3 Å². The van der Waals surface area contributed by atoms with Crippen molar-refractivity contribution in [3.05, 3.63) is 59.1 Å². The Hall–Kier alpha value is -1.56. The predicted octanol–water partition coefficient (Wildman–Crippen LogP) is 3.99. The summed E-state index contributed by atoms with van der Waals surface area (Å²) >= 11 is 5.77. The zero-order valence-electron chi connectivity index (χ0n) is 14.0. The number of hydrogen-bond acceptors (Lipinski definition) is 3. The second kappa shape index (κ2) is 7.55. The topological polar surface area (TPSA) is 55.4 Å². The Balaban J connectivity index is 1.95. The lowest BCUT2D eigenvalue weighted by molar-refractivity contribution is 0.314. The van der Waals surface area contributed by atoms with Gasteiger partial charge in [0.2, 0.25) is 10.0 Å². The quantitative estimate of drug-likeness (QED) is 0.785. The lowest BCUT2D eigenvalue weighted by Gasteiger charge is -2.22. The summed E-state index contributed by atoms with van der Waals surface area (Å²) in [4.78, 5) is 0.182. The maximum absolute atomic E-state index is 12.2. The van der Waals surface area contributed by atoms with E-state index in [-0.39, 0.29) is 23.5 Å². The van der Waals surface area contributed by atoms with E-state index in [9.17, 15) is 8.42 Å². The molecule has 0 unspecified atom stereocenters. The van der Waals surface area contributed by atoms with E-state index in [1.807, 2.05) is 24.3 Å². The van der Waals surface area contributed by atoms with Gasteiger partial charge in [0.25, 0.3) is 0 Å². The fourth-order valence-corrected chi connectivity index (χ4v) is 3.39. The Morgan fingerprint density at radius 2 is 1.67 bits per heavy atom. The van der Waals surface area contributed by atoms with E-state index < -0.39 is 10.0 Å². The lowest BCUT2D eigenvalue weighted by Crippen LogP contribution is -2.28. The number of halogens is 1. The minimum absolute atomic E-state index is 0.0423. The molecule has 0 atom stereocenters. The third-order valence-corrected chi connectivity index (χ3v) is 5.20. The standard InChI is InChI=1S/C18H22ClNO3S/c1-18(2,3)16-6-4-5-7-17(16)23-13-12-20-24(21,22)15-10-8-14(19)9-11-15/h4-11,20H,12-13H2,1-3H3. The average molecular weight is 368 g/mol. The van der Waals surface area contributed by atoms with Crippen molar-refractivity contribution in [1.29, 1.82) is 0 Å². The van der Waals surface area contributed by atoms with Crippen LogP contribution in [0.5, 0.6) is 5.75 Å². The van der Waals surface area contributed by atoms with Gasteiger partial charge in [0.05, 0.1) is 4.90 Å². The van der Waals surface area contributed by atoms with Crippen molar-refractivity contribution in [2.24, 2.45) is 0 Å². The van der Waals surface area contributed by atoms with Crippen molar-refractivity contribution in [1.82, 2.24) is 4.72 Å². The number of hydrogen-bond donors (Lipinski definition) is 1. The van der Waals surface area contributed by atoms with Crippen LogP contribution >= 0.6 is 11.6 Å². The molecule has 0 aliphatic rings. The molecule has 0 amide bonds. The molecule has 130 valence electrons. The van der Waals surface area contributed by atoms with Crippen LogP contribution in [-0.2, 0) is 15.4 Å². The zero-order valence-corrected chi connectivity index (χ0v) is 15.6. The molecule has 2 rings (SSSR count). The molecule has 0 radical (unpaired) electrons. The van der Waals surface area contributed by atoms with Crippen LogP contribution in [0.15, 0.2) is 53.4 Å². The molecule has 24 heavy (non-hydrogen) atoms. The van der Waals surface area contributed by atoms with Gasteiger partial charge >= 0.3 is 0 Å². The third-order valence-electron chi connectivity index (χ3n) is 3.47. The van der Waals surface area contributed by atoms with E-state index in [0.29, 0.717) is 5.02 Å². The zero-order chi connectivity index (χ0) is 17.8. The Kier molecular flexibility index (Phi) is 5.91. The fourth-order valence-electron chi connectivity index (χ4n) is 2.25. The molecule has 0 bridgehead atoms. The molecule has 2 aromatic carbocycles. The lowest BCUT2D eigenvalue weighted by atomic mass is 9.86. The van der Waals surface area contributed by atoms with Gasteiger partial charge in [0, 0.05) is 11.6 Å². The fraction of sp³-hybridized carbons (Fsp3) is 0.333. The highest BCUT2D eigenvalue weighted by atomic mass is 35.5. The highest BCUT2D eigenvalue weighted by Gasteiger charge is 2.18. The number of nitrogens with one attached hydrogen (secondary N) is 1. The Labute approximate surface area is 148 Å². The summed E-state index contributed by atoms with van der Waals surface area (Å²) in [6, 6.07) is 13.8. The van der Waals surface area contributed by atoms with Gasteiger partial charge in [-0.1, -0.05) is 50.6 Å². The summed E-state index contributed by atoms with van der Waals surface area (Å²) < 4.78 is 32.6. The Morgan fingerprint density at radius 1 is 1.04 bits per heavy atom. The van der Waals surface area contributed by atoms with E-state index in [4.69, 9.17) is 16.3 Å². The smallest absolute Gasteiger partial charge is 0.240 e. The molecule has 0 aliphatic carbocycles. The van der Waals surface area contributed by atoms with Gasteiger partial charge < -0.3 is 4.74 Å². The first-order valence-corrected chi connectivity index (χ1v) is 9.54. The van der Waals surface area contributed by atoms with Crippen molar-refractivity contribution < 1.29 is 13.2 Å².